The van der Waals surface area contributed by atoms with Crippen LogP contribution in [0.5, 0.6) is 0 Å². The second kappa shape index (κ2) is 5.65. The van der Waals surface area contributed by atoms with Crippen molar-refractivity contribution in [1.82, 2.24) is 14.9 Å². The summed E-state index contributed by atoms with van der Waals surface area (Å²) >= 11 is 0. The van der Waals surface area contributed by atoms with Crippen LogP contribution in [-0.4, -0.2) is 41.0 Å². The van der Waals surface area contributed by atoms with E-state index in [1.807, 2.05) is 6.92 Å². The van der Waals surface area contributed by atoms with Gasteiger partial charge in [-0.15, -0.1) is 0 Å². The van der Waals surface area contributed by atoms with Crippen LogP contribution >= 0.6 is 0 Å². The summed E-state index contributed by atoms with van der Waals surface area (Å²) in [5, 5.41) is 3.48. The molecule has 0 aromatic carbocycles. The molecule has 4 nitrogen and oxygen atoms in total. The normalized spacial score (nSPS) is 21.3. The fourth-order valence-electron chi connectivity index (χ4n) is 2.42. The maximum Gasteiger partial charge on any atom is 0.223 e. The van der Waals surface area contributed by atoms with E-state index in [9.17, 15) is 0 Å². The third-order valence-corrected chi connectivity index (χ3v) is 3.42. The molecule has 1 unspecified atom stereocenters. The minimum absolute atomic E-state index is 0.446. The zero-order valence-corrected chi connectivity index (χ0v) is 11.9. The molecule has 1 aromatic heterocycles. The summed E-state index contributed by atoms with van der Waals surface area (Å²) in [6.07, 6.45) is 2.45. The molecule has 0 spiro atoms. The van der Waals surface area contributed by atoms with Crippen LogP contribution in [0, 0.1) is 6.92 Å². The lowest BCUT2D eigenvalue weighted by molar-refractivity contribution is 0.260. The predicted octanol–water partition coefficient (Wildman–Crippen LogP) is 2.41. The number of piperidine rings is 1. The molecule has 1 fully saturated rings. The van der Waals surface area contributed by atoms with Gasteiger partial charge < -0.3 is 10.2 Å². The van der Waals surface area contributed by atoms with Gasteiger partial charge in [0.2, 0.25) is 5.95 Å². The molecule has 1 atom stereocenters. The number of likely N-dealkylation sites (tertiary alicyclic amines) is 1. The third-order valence-electron chi connectivity index (χ3n) is 3.42. The first-order valence-corrected chi connectivity index (χ1v) is 6.85. The van der Waals surface area contributed by atoms with Gasteiger partial charge in [-0.2, -0.15) is 0 Å². The molecule has 2 rings (SSSR count). The lowest BCUT2D eigenvalue weighted by Gasteiger charge is -2.30. The topological polar surface area (TPSA) is 41.1 Å². The molecule has 0 amide bonds. The van der Waals surface area contributed by atoms with Crippen LogP contribution in [0.1, 0.15) is 44.0 Å². The molecule has 1 aromatic rings. The first kappa shape index (κ1) is 13.3. The van der Waals surface area contributed by atoms with Crippen molar-refractivity contribution >= 4 is 5.95 Å². The van der Waals surface area contributed by atoms with Crippen LogP contribution in [-0.2, 0) is 0 Å². The largest absolute Gasteiger partial charge is 0.350 e. The van der Waals surface area contributed by atoms with Crippen molar-refractivity contribution in [2.45, 2.75) is 45.6 Å². The Balaban J connectivity index is 2.08. The van der Waals surface area contributed by atoms with Crippen molar-refractivity contribution < 1.29 is 0 Å². The summed E-state index contributed by atoms with van der Waals surface area (Å²) in [5.41, 5.74) is 2.16. The van der Waals surface area contributed by atoms with Gasteiger partial charge in [0.15, 0.2) is 0 Å². The Morgan fingerprint density at radius 2 is 2.17 bits per heavy atom. The lowest BCUT2D eigenvalue weighted by atomic mass is 10.1. The summed E-state index contributed by atoms with van der Waals surface area (Å²) in [6.45, 7) is 8.64. The Morgan fingerprint density at radius 3 is 2.83 bits per heavy atom. The van der Waals surface area contributed by atoms with Crippen LogP contribution in [0.3, 0.4) is 0 Å². The number of hydrogen-bond acceptors (Lipinski definition) is 4. The standard InChI is InChI=1S/C14H24N4/c1-10(2)13-8-11(3)15-14(17-13)16-12-6-5-7-18(4)9-12/h8,10,12H,5-7,9H2,1-4H3,(H,15,16,17). The molecule has 1 N–H and O–H groups in total. The predicted molar refractivity (Wildman–Crippen MR) is 75.0 cm³/mol. The summed E-state index contributed by atoms with van der Waals surface area (Å²) < 4.78 is 0. The molecule has 2 heterocycles. The third kappa shape index (κ3) is 3.42. The molecule has 100 valence electrons. The van der Waals surface area contributed by atoms with Gasteiger partial charge in [0, 0.05) is 24.0 Å². The Bertz CT molecular complexity index is 403. The van der Waals surface area contributed by atoms with Crippen molar-refractivity contribution in [2.24, 2.45) is 0 Å². The minimum Gasteiger partial charge on any atom is -0.350 e. The fraction of sp³-hybridized carbons (Fsp3) is 0.714. The Hall–Kier alpha value is -1.16. The number of anilines is 1. The van der Waals surface area contributed by atoms with Gasteiger partial charge in [-0.25, -0.2) is 9.97 Å². The molecular weight excluding hydrogens is 224 g/mol. The molecule has 18 heavy (non-hydrogen) atoms. The van der Waals surface area contributed by atoms with E-state index in [2.05, 4.69) is 47.1 Å². The number of aromatic nitrogens is 2. The number of nitrogens with zero attached hydrogens (tertiary/aromatic N) is 3. The van der Waals surface area contributed by atoms with E-state index in [1.165, 1.54) is 19.4 Å². The van der Waals surface area contributed by atoms with E-state index in [4.69, 9.17) is 0 Å². The van der Waals surface area contributed by atoms with E-state index in [-0.39, 0.29) is 0 Å². The van der Waals surface area contributed by atoms with E-state index >= 15 is 0 Å². The Kier molecular flexibility index (Phi) is 4.17. The SMILES string of the molecule is Cc1cc(C(C)C)nc(NC2CCCN(C)C2)n1. The summed E-state index contributed by atoms with van der Waals surface area (Å²) in [6, 6.07) is 2.55. The highest BCUT2D eigenvalue weighted by Crippen LogP contribution is 2.17. The average Bonchev–Trinajstić information content (AvgIpc) is 2.28. The van der Waals surface area contributed by atoms with Crippen molar-refractivity contribution in [1.29, 1.82) is 0 Å². The number of aryl methyl sites for hydroxylation is 1. The van der Waals surface area contributed by atoms with E-state index in [0.29, 0.717) is 12.0 Å². The van der Waals surface area contributed by atoms with Crippen LogP contribution in [0.4, 0.5) is 5.95 Å². The van der Waals surface area contributed by atoms with Gasteiger partial charge in [-0.3, -0.25) is 0 Å². The van der Waals surface area contributed by atoms with Crippen molar-refractivity contribution in [3.63, 3.8) is 0 Å². The first-order chi connectivity index (χ1) is 8.54. The van der Waals surface area contributed by atoms with E-state index in [1.54, 1.807) is 0 Å². The molecule has 4 heteroatoms. The zero-order chi connectivity index (χ0) is 13.1. The van der Waals surface area contributed by atoms with Crippen molar-refractivity contribution in [3.05, 3.63) is 17.5 Å². The lowest BCUT2D eigenvalue weighted by Crippen LogP contribution is -2.40. The molecule has 0 aliphatic carbocycles. The summed E-state index contributed by atoms with van der Waals surface area (Å²) in [4.78, 5) is 11.5. The number of nitrogens with one attached hydrogen (secondary N) is 1. The second-order valence-corrected chi connectivity index (χ2v) is 5.66. The van der Waals surface area contributed by atoms with Crippen molar-refractivity contribution in [2.75, 3.05) is 25.5 Å². The minimum atomic E-state index is 0.446. The molecular formula is C14H24N4. The van der Waals surface area contributed by atoms with Gasteiger partial charge in [-0.05, 0) is 45.3 Å². The summed E-state index contributed by atoms with van der Waals surface area (Å²) in [5.74, 6) is 1.24. The molecule has 0 saturated carbocycles. The molecule has 0 bridgehead atoms. The second-order valence-electron chi connectivity index (χ2n) is 5.66. The van der Waals surface area contributed by atoms with E-state index < -0.39 is 0 Å². The molecule has 0 radical (unpaired) electrons. The monoisotopic (exact) mass is 248 g/mol. The van der Waals surface area contributed by atoms with Gasteiger partial charge in [0.1, 0.15) is 0 Å². The molecule has 1 aliphatic heterocycles. The van der Waals surface area contributed by atoms with Crippen LogP contribution in [0.2, 0.25) is 0 Å². The fourth-order valence-corrected chi connectivity index (χ4v) is 2.42. The number of hydrogen-bond donors (Lipinski definition) is 1. The van der Waals surface area contributed by atoms with E-state index in [0.717, 1.165) is 23.9 Å². The average molecular weight is 248 g/mol. The van der Waals surface area contributed by atoms with Gasteiger partial charge in [0.05, 0.1) is 0 Å². The first-order valence-electron chi connectivity index (χ1n) is 6.85. The van der Waals surface area contributed by atoms with Gasteiger partial charge >= 0.3 is 0 Å². The maximum atomic E-state index is 4.61. The zero-order valence-electron chi connectivity index (χ0n) is 11.9. The number of likely N-dealkylation sites (N-methyl/N-ethyl adjacent to an activating group) is 1. The molecule has 1 saturated heterocycles. The maximum absolute atomic E-state index is 4.61. The quantitative estimate of drug-likeness (QED) is 0.892. The van der Waals surface area contributed by atoms with Crippen LogP contribution < -0.4 is 5.32 Å². The smallest absolute Gasteiger partial charge is 0.223 e. The summed E-state index contributed by atoms with van der Waals surface area (Å²) in [7, 11) is 2.17. The van der Waals surface area contributed by atoms with Crippen LogP contribution in [0.25, 0.3) is 0 Å². The molecule has 1 aliphatic rings. The van der Waals surface area contributed by atoms with Crippen molar-refractivity contribution in [3.8, 4) is 0 Å². The highest BCUT2D eigenvalue weighted by atomic mass is 15.2. The highest BCUT2D eigenvalue weighted by molar-refractivity contribution is 5.30. The van der Waals surface area contributed by atoms with Crippen LogP contribution in [0.15, 0.2) is 6.07 Å². The Labute approximate surface area is 110 Å². The number of rotatable bonds is 3. The van der Waals surface area contributed by atoms with Gasteiger partial charge in [0.25, 0.3) is 0 Å². The Morgan fingerprint density at radius 1 is 1.39 bits per heavy atom. The highest BCUT2D eigenvalue weighted by Gasteiger charge is 2.18. The van der Waals surface area contributed by atoms with Gasteiger partial charge in [-0.1, -0.05) is 13.8 Å².